The molecule has 2 N–H and O–H groups in total. The van der Waals surface area contributed by atoms with Crippen molar-refractivity contribution in [2.75, 3.05) is 0 Å². The van der Waals surface area contributed by atoms with E-state index in [1.165, 1.54) is 6.33 Å². The van der Waals surface area contributed by atoms with E-state index in [2.05, 4.69) is 15.4 Å². The Hall–Kier alpha value is -1.92. The summed E-state index contributed by atoms with van der Waals surface area (Å²) in [6, 6.07) is -0.232. The molecule has 0 fully saturated rings. The SMILES string of the molecule is CCn1ncnc1C(C)NC(=O)CCCC(=O)O. The second kappa shape index (κ2) is 6.73. The number of carbonyl (C=O) groups excluding carboxylic acids is 1. The average Bonchev–Trinajstić information content (AvgIpc) is 2.76. The molecule has 18 heavy (non-hydrogen) atoms. The van der Waals surface area contributed by atoms with Gasteiger partial charge in [-0.15, -0.1) is 0 Å². The van der Waals surface area contributed by atoms with Crippen LogP contribution in [0.2, 0.25) is 0 Å². The molecule has 1 amide bonds. The molecule has 1 aromatic rings. The lowest BCUT2D eigenvalue weighted by molar-refractivity contribution is -0.137. The predicted molar refractivity (Wildman–Crippen MR) is 63.7 cm³/mol. The van der Waals surface area contributed by atoms with Crippen molar-refractivity contribution in [3.63, 3.8) is 0 Å². The number of rotatable bonds is 7. The Balaban J connectivity index is 2.42. The Kier molecular flexibility index (Phi) is 5.29. The first kappa shape index (κ1) is 14.1. The molecule has 0 saturated carbocycles. The van der Waals surface area contributed by atoms with E-state index in [-0.39, 0.29) is 24.8 Å². The van der Waals surface area contributed by atoms with Crippen LogP contribution in [0.5, 0.6) is 0 Å². The highest BCUT2D eigenvalue weighted by molar-refractivity contribution is 5.77. The lowest BCUT2D eigenvalue weighted by Gasteiger charge is -2.13. The van der Waals surface area contributed by atoms with Gasteiger partial charge in [-0.1, -0.05) is 0 Å². The number of aromatic nitrogens is 3. The maximum Gasteiger partial charge on any atom is 0.303 e. The maximum absolute atomic E-state index is 11.6. The minimum absolute atomic E-state index is 0.00689. The highest BCUT2D eigenvalue weighted by Crippen LogP contribution is 2.08. The zero-order valence-electron chi connectivity index (χ0n) is 10.6. The van der Waals surface area contributed by atoms with Crippen LogP contribution in [0.4, 0.5) is 0 Å². The molecule has 1 atom stereocenters. The van der Waals surface area contributed by atoms with Gasteiger partial charge in [0.15, 0.2) is 0 Å². The van der Waals surface area contributed by atoms with Gasteiger partial charge in [-0.3, -0.25) is 9.59 Å². The zero-order valence-corrected chi connectivity index (χ0v) is 10.6. The first-order chi connectivity index (χ1) is 8.54. The summed E-state index contributed by atoms with van der Waals surface area (Å²) >= 11 is 0. The zero-order chi connectivity index (χ0) is 13.5. The number of carboxylic acids is 1. The molecule has 0 saturated heterocycles. The van der Waals surface area contributed by atoms with Crippen LogP contribution in [0.1, 0.15) is 45.0 Å². The van der Waals surface area contributed by atoms with E-state index in [0.29, 0.717) is 18.8 Å². The first-order valence-corrected chi connectivity index (χ1v) is 5.93. The molecule has 0 bridgehead atoms. The molecule has 0 aliphatic rings. The van der Waals surface area contributed by atoms with Gasteiger partial charge in [0.05, 0.1) is 6.04 Å². The number of nitrogens with one attached hydrogen (secondary N) is 1. The molecule has 7 nitrogen and oxygen atoms in total. The van der Waals surface area contributed by atoms with Gasteiger partial charge in [-0.2, -0.15) is 5.10 Å². The van der Waals surface area contributed by atoms with Crippen LogP contribution in [0, 0.1) is 0 Å². The number of carboxylic acid groups (broad SMARTS) is 1. The third-order valence-corrected chi connectivity index (χ3v) is 2.50. The van der Waals surface area contributed by atoms with Gasteiger partial charge >= 0.3 is 5.97 Å². The van der Waals surface area contributed by atoms with Crippen molar-refractivity contribution in [3.05, 3.63) is 12.2 Å². The molecule has 1 heterocycles. The summed E-state index contributed by atoms with van der Waals surface area (Å²) < 4.78 is 1.71. The molecular formula is C11H18N4O3. The average molecular weight is 254 g/mol. The van der Waals surface area contributed by atoms with Crippen LogP contribution >= 0.6 is 0 Å². The fourth-order valence-electron chi connectivity index (χ4n) is 1.63. The molecule has 1 unspecified atom stereocenters. The fourth-order valence-corrected chi connectivity index (χ4v) is 1.63. The molecule has 1 aromatic heterocycles. The highest BCUT2D eigenvalue weighted by Gasteiger charge is 2.14. The molecule has 0 aromatic carbocycles. The van der Waals surface area contributed by atoms with Crippen LogP contribution in [-0.2, 0) is 16.1 Å². The van der Waals surface area contributed by atoms with Crippen LogP contribution < -0.4 is 5.32 Å². The summed E-state index contributed by atoms with van der Waals surface area (Å²) in [4.78, 5) is 26.0. The van der Waals surface area contributed by atoms with Gasteiger partial charge in [0, 0.05) is 19.4 Å². The summed E-state index contributed by atoms with van der Waals surface area (Å²) in [5, 5.41) is 15.3. The van der Waals surface area contributed by atoms with E-state index in [4.69, 9.17) is 5.11 Å². The van der Waals surface area contributed by atoms with Crippen molar-refractivity contribution < 1.29 is 14.7 Å². The standard InChI is InChI=1S/C11H18N4O3/c1-3-15-11(12-7-13-15)8(2)14-9(16)5-4-6-10(17)18/h7-8H,3-6H2,1-2H3,(H,14,16)(H,17,18). The van der Waals surface area contributed by atoms with E-state index in [1.54, 1.807) is 4.68 Å². The van der Waals surface area contributed by atoms with Gasteiger partial charge in [0.25, 0.3) is 0 Å². The van der Waals surface area contributed by atoms with Crippen LogP contribution in [0.15, 0.2) is 6.33 Å². The Morgan fingerprint density at radius 1 is 1.50 bits per heavy atom. The fraction of sp³-hybridized carbons (Fsp3) is 0.636. The lowest BCUT2D eigenvalue weighted by Crippen LogP contribution is -2.28. The van der Waals surface area contributed by atoms with E-state index in [1.807, 2.05) is 13.8 Å². The minimum Gasteiger partial charge on any atom is -0.481 e. The number of amides is 1. The van der Waals surface area contributed by atoms with E-state index in [9.17, 15) is 9.59 Å². The normalized spacial score (nSPS) is 12.1. The monoisotopic (exact) mass is 254 g/mol. The third-order valence-electron chi connectivity index (χ3n) is 2.50. The predicted octanol–water partition coefficient (Wildman–Crippen LogP) is 0.730. The number of aliphatic carboxylic acids is 1. The highest BCUT2D eigenvalue weighted by atomic mass is 16.4. The number of carbonyl (C=O) groups is 2. The summed E-state index contributed by atoms with van der Waals surface area (Å²) in [6.45, 7) is 4.46. The van der Waals surface area contributed by atoms with Crippen molar-refractivity contribution in [3.8, 4) is 0 Å². The second-order valence-electron chi connectivity index (χ2n) is 3.97. The Morgan fingerprint density at radius 3 is 2.83 bits per heavy atom. The van der Waals surface area contributed by atoms with Crippen molar-refractivity contribution >= 4 is 11.9 Å². The van der Waals surface area contributed by atoms with Gasteiger partial charge < -0.3 is 10.4 Å². The Morgan fingerprint density at radius 2 is 2.22 bits per heavy atom. The van der Waals surface area contributed by atoms with Crippen molar-refractivity contribution in [1.29, 1.82) is 0 Å². The smallest absolute Gasteiger partial charge is 0.303 e. The number of aryl methyl sites for hydroxylation is 1. The largest absolute Gasteiger partial charge is 0.481 e. The summed E-state index contributed by atoms with van der Waals surface area (Å²) in [7, 11) is 0. The number of hydrogen-bond donors (Lipinski definition) is 2. The molecule has 0 aliphatic carbocycles. The van der Waals surface area contributed by atoms with Gasteiger partial charge in [0.1, 0.15) is 12.2 Å². The van der Waals surface area contributed by atoms with Crippen molar-refractivity contribution in [1.82, 2.24) is 20.1 Å². The topological polar surface area (TPSA) is 97.1 Å². The van der Waals surface area contributed by atoms with E-state index in [0.717, 1.165) is 0 Å². The quantitative estimate of drug-likeness (QED) is 0.747. The third kappa shape index (κ3) is 4.15. The van der Waals surface area contributed by atoms with Gasteiger partial charge in [0.2, 0.25) is 5.91 Å². The second-order valence-corrected chi connectivity index (χ2v) is 3.97. The van der Waals surface area contributed by atoms with Crippen molar-refractivity contribution in [2.45, 2.75) is 45.7 Å². The van der Waals surface area contributed by atoms with E-state index >= 15 is 0 Å². The lowest BCUT2D eigenvalue weighted by atomic mass is 10.2. The van der Waals surface area contributed by atoms with Crippen LogP contribution in [0.3, 0.4) is 0 Å². The van der Waals surface area contributed by atoms with E-state index < -0.39 is 5.97 Å². The minimum atomic E-state index is -0.887. The van der Waals surface area contributed by atoms with Crippen LogP contribution in [0.25, 0.3) is 0 Å². The Labute approximate surface area is 105 Å². The maximum atomic E-state index is 11.6. The number of nitrogens with zero attached hydrogens (tertiary/aromatic N) is 3. The molecule has 1 rings (SSSR count). The molecule has 7 heteroatoms. The summed E-state index contributed by atoms with van der Waals surface area (Å²) in [5.41, 5.74) is 0. The molecule has 0 spiro atoms. The Bertz CT molecular complexity index is 416. The molecular weight excluding hydrogens is 236 g/mol. The van der Waals surface area contributed by atoms with Gasteiger partial charge in [-0.25, -0.2) is 9.67 Å². The summed E-state index contributed by atoms with van der Waals surface area (Å²) in [6.07, 6.45) is 2.00. The van der Waals surface area contributed by atoms with Crippen molar-refractivity contribution in [2.24, 2.45) is 0 Å². The first-order valence-electron chi connectivity index (χ1n) is 5.93. The molecule has 0 radical (unpaired) electrons. The number of hydrogen-bond acceptors (Lipinski definition) is 4. The van der Waals surface area contributed by atoms with Gasteiger partial charge in [-0.05, 0) is 20.3 Å². The van der Waals surface area contributed by atoms with Crippen LogP contribution in [-0.4, -0.2) is 31.7 Å². The summed E-state index contributed by atoms with van der Waals surface area (Å²) in [5.74, 6) is -0.361. The molecule has 0 aliphatic heterocycles. The molecule has 100 valence electrons.